The Hall–Kier alpha value is -6.77. The van der Waals surface area contributed by atoms with Gasteiger partial charge in [-0.25, -0.2) is 0 Å². The molecule has 1 heterocycles. The Bertz CT molecular complexity index is 3000. The summed E-state index contributed by atoms with van der Waals surface area (Å²) in [5, 5.41) is 10.1. The monoisotopic (exact) mass is 732 g/mol. The van der Waals surface area contributed by atoms with E-state index < -0.39 is 0 Å². The second kappa shape index (κ2) is 14.4. The molecule has 57 heavy (non-hydrogen) atoms. The molecule has 0 amide bonds. The van der Waals surface area contributed by atoms with Crippen LogP contribution in [0.25, 0.3) is 65.3 Å². The minimum atomic E-state index is -0.213. The Morgan fingerprint density at radius 2 is 1.18 bits per heavy atom. The fraction of sp³-hybridized carbons (Fsp3) is 0.109. The zero-order valence-electron chi connectivity index (χ0n) is 32.4. The molecule has 2 heteroatoms. The van der Waals surface area contributed by atoms with Crippen LogP contribution in [-0.4, -0.2) is 18.4 Å². The van der Waals surface area contributed by atoms with Gasteiger partial charge in [0.25, 0.3) is 0 Å². The number of allylic oxidation sites excluding steroid dienone is 4. The van der Waals surface area contributed by atoms with Crippen molar-refractivity contribution in [1.82, 2.24) is 0 Å². The zero-order chi connectivity index (χ0) is 38.3. The average molecular weight is 733 g/mol. The van der Waals surface area contributed by atoms with Crippen molar-refractivity contribution in [3.05, 3.63) is 211 Å². The smallest absolute Gasteiger partial charge is 0.135 e. The second-order valence-corrected chi connectivity index (χ2v) is 15.7. The van der Waals surface area contributed by atoms with Gasteiger partial charge in [-0.3, -0.25) is 4.99 Å². The molecular weight excluding hydrogens is 689 g/mol. The highest BCUT2D eigenvalue weighted by atomic mass is 15.2. The Morgan fingerprint density at radius 1 is 0.579 bits per heavy atom. The summed E-state index contributed by atoms with van der Waals surface area (Å²) in [6.45, 7) is 5.29. The van der Waals surface area contributed by atoms with Crippen LogP contribution in [0.4, 0.5) is 5.69 Å². The predicted molar refractivity (Wildman–Crippen MR) is 245 cm³/mol. The van der Waals surface area contributed by atoms with Crippen molar-refractivity contribution in [3.8, 4) is 22.3 Å². The van der Waals surface area contributed by atoms with Crippen LogP contribution < -0.4 is 4.90 Å². The molecule has 2 aliphatic rings. The SMILES string of the molecule is CC1/C=C\C=C/CN(c2ccccc2)/C(C2=CCC(C)(c3ccc4c(-c5ccc6ccccc6c5)c5ccccc5c(-c5ccc6ccccc6c5)c4c3)C=C2)=N\1. The lowest BCUT2D eigenvalue weighted by molar-refractivity contribution is 0.599. The van der Waals surface area contributed by atoms with Crippen LogP contribution in [0.3, 0.4) is 0 Å². The fourth-order valence-electron chi connectivity index (χ4n) is 8.88. The van der Waals surface area contributed by atoms with E-state index in [2.05, 4.69) is 219 Å². The van der Waals surface area contributed by atoms with Gasteiger partial charge < -0.3 is 4.90 Å². The number of benzene rings is 8. The first-order valence-corrected chi connectivity index (χ1v) is 20.1. The van der Waals surface area contributed by atoms with Crippen LogP contribution in [0.15, 0.2) is 211 Å². The maximum absolute atomic E-state index is 5.29. The maximum Gasteiger partial charge on any atom is 0.135 e. The van der Waals surface area contributed by atoms with E-state index in [-0.39, 0.29) is 11.5 Å². The van der Waals surface area contributed by atoms with E-state index in [0.717, 1.165) is 30.1 Å². The number of anilines is 1. The van der Waals surface area contributed by atoms with E-state index >= 15 is 0 Å². The molecule has 0 spiro atoms. The van der Waals surface area contributed by atoms with E-state index in [0.29, 0.717) is 0 Å². The van der Waals surface area contributed by atoms with Crippen LogP contribution in [-0.2, 0) is 5.41 Å². The largest absolute Gasteiger partial charge is 0.322 e. The molecule has 1 aliphatic heterocycles. The minimum Gasteiger partial charge on any atom is -0.322 e. The first-order valence-electron chi connectivity index (χ1n) is 20.1. The average Bonchev–Trinajstić information content (AvgIpc) is 3.35. The highest BCUT2D eigenvalue weighted by Gasteiger charge is 2.29. The van der Waals surface area contributed by atoms with E-state index in [1.807, 2.05) is 0 Å². The first kappa shape index (κ1) is 34.7. The summed E-state index contributed by atoms with van der Waals surface area (Å²) in [4.78, 5) is 7.63. The van der Waals surface area contributed by atoms with Crippen molar-refractivity contribution in [2.45, 2.75) is 31.7 Å². The minimum absolute atomic E-state index is 0.0530. The molecule has 0 bridgehead atoms. The Labute approximate surface area is 335 Å². The predicted octanol–water partition coefficient (Wildman–Crippen LogP) is 14.2. The highest BCUT2D eigenvalue weighted by Crippen LogP contribution is 2.46. The van der Waals surface area contributed by atoms with Crippen LogP contribution >= 0.6 is 0 Å². The topological polar surface area (TPSA) is 15.6 Å². The van der Waals surface area contributed by atoms with Gasteiger partial charge in [-0.2, -0.15) is 0 Å². The van der Waals surface area contributed by atoms with Gasteiger partial charge in [0, 0.05) is 23.2 Å². The van der Waals surface area contributed by atoms with Crippen molar-refractivity contribution in [1.29, 1.82) is 0 Å². The summed E-state index contributed by atoms with van der Waals surface area (Å²) in [7, 11) is 0. The van der Waals surface area contributed by atoms with Crippen molar-refractivity contribution in [2.75, 3.05) is 11.4 Å². The van der Waals surface area contributed by atoms with Crippen LogP contribution in [0, 0.1) is 0 Å². The zero-order valence-corrected chi connectivity index (χ0v) is 32.4. The van der Waals surface area contributed by atoms with Crippen LogP contribution in [0.2, 0.25) is 0 Å². The molecule has 2 nitrogen and oxygen atoms in total. The van der Waals surface area contributed by atoms with E-state index in [1.165, 1.54) is 70.9 Å². The standard InChI is InChI=1S/C55H44N2/c1-38-15-5-4-14-34-57(47-20-6-3-7-21-47)54(56-38)41-30-32-55(2,33-31-41)46-28-29-50-51(37-46)53(45-27-25-40-17-9-11-19-43(40)36-45)49-23-13-12-22-48(49)52(50)44-26-24-39-16-8-10-18-42(39)35-44/h3-32,35-38H,33-34H2,1-2H3/b14-4-,15-5-,56-54-. The van der Waals surface area contributed by atoms with Gasteiger partial charge in [-0.05, 0) is 115 Å². The van der Waals surface area contributed by atoms with Gasteiger partial charge in [0.1, 0.15) is 5.84 Å². The van der Waals surface area contributed by atoms with Gasteiger partial charge in [-0.15, -0.1) is 0 Å². The van der Waals surface area contributed by atoms with Crippen molar-refractivity contribution in [3.63, 3.8) is 0 Å². The molecule has 8 aromatic carbocycles. The molecule has 1 aliphatic carbocycles. The second-order valence-electron chi connectivity index (χ2n) is 15.7. The van der Waals surface area contributed by atoms with Gasteiger partial charge in [0.2, 0.25) is 0 Å². The van der Waals surface area contributed by atoms with Gasteiger partial charge in [0.15, 0.2) is 0 Å². The third-order valence-electron chi connectivity index (χ3n) is 12.0. The lowest BCUT2D eigenvalue weighted by Gasteiger charge is -2.32. The molecule has 0 fully saturated rings. The Morgan fingerprint density at radius 3 is 1.82 bits per heavy atom. The molecule has 8 aromatic rings. The molecule has 0 saturated carbocycles. The number of rotatable bonds is 5. The molecule has 0 N–H and O–H groups in total. The van der Waals surface area contributed by atoms with Gasteiger partial charge in [0.05, 0.1) is 6.04 Å². The van der Waals surface area contributed by atoms with E-state index in [4.69, 9.17) is 4.99 Å². The summed E-state index contributed by atoms with van der Waals surface area (Å²) in [6.07, 6.45) is 16.6. The lowest BCUT2D eigenvalue weighted by Crippen LogP contribution is -2.34. The molecule has 10 rings (SSSR count). The van der Waals surface area contributed by atoms with Crippen molar-refractivity contribution >= 4 is 54.6 Å². The van der Waals surface area contributed by atoms with Gasteiger partial charge >= 0.3 is 0 Å². The molecule has 2 unspecified atom stereocenters. The Balaban J connectivity index is 1.14. The molecular formula is C55H44N2. The summed E-state index contributed by atoms with van der Waals surface area (Å²) in [5.74, 6) is 1.01. The number of amidine groups is 1. The molecule has 0 aromatic heterocycles. The number of nitrogens with zero attached hydrogens (tertiary/aromatic N) is 2. The fourth-order valence-corrected chi connectivity index (χ4v) is 8.88. The molecule has 0 radical (unpaired) electrons. The number of hydrogen-bond acceptors (Lipinski definition) is 2. The summed E-state index contributed by atoms with van der Waals surface area (Å²) in [5.41, 5.74) is 8.43. The summed E-state index contributed by atoms with van der Waals surface area (Å²) >= 11 is 0. The maximum atomic E-state index is 5.29. The van der Waals surface area contributed by atoms with Crippen LogP contribution in [0.5, 0.6) is 0 Å². The van der Waals surface area contributed by atoms with Crippen molar-refractivity contribution < 1.29 is 0 Å². The van der Waals surface area contributed by atoms with Crippen LogP contribution in [0.1, 0.15) is 25.8 Å². The summed E-state index contributed by atoms with van der Waals surface area (Å²) in [6, 6.07) is 58.2. The normalized spacial score (nSPS) is 20.5. The molecule has 2 atom stereocenters. The highest BCUT2D eigenvalue weighted by molar-refractivity contribution is 6.22. The lowest BCUT2D eigenvalue weighted by atomic mass is 9.74. The quantitative estimate of drug-likeness (QED) is 0.161. The van der Waals surface area contributed by atoms with Crippen molar-refractivity contribution in [2.24, 2.45) is 4.99 Å². The Kier molecular flexibility index (Phi) is 8.76. The third kappa shape index (κ3) is 6.38. The van der Waals surface area contributed by atoms with E-state index in [1.54, 1.807) is 0 Å². The molecule has 0 saturated heterocycles. The third-order valence-corrected chi connectivity index (χ3v) is 12.0. The summed E-state index contributed by atoms with van der Waals surface area (Å²) < 4.78 is 0. The first-order chi connectivity index (χ1) is 28.0. The number of hydrogen-bond donors (Lipinski definition) is 0. The number of aliphatic imine (C=N–C) groups is 1. The van der Waals surface area contributed by atoms with Gasteiger partial charge in [-0.1, -0.05) is 177 Å². The number of para-hydroxylation sites is 1. The number of fused-ring (bicyclic) bond motifs is 4. The molecule has 274 valence electrons. The van der Waals surface area contributed by atoms with E-state index in [9.17, 15) is 0 Å².